The number of ether oxygens (including phenoxy) is 1. The van der Waals surface area contributed by atoms with Gasteiger partial charge < -0.3 is 19.9 Å². The molecule has 2 amide bonds. The molecule has 2 unspecified atom stereocenters. The van der Waals surface area contributed by atoms with Crippen molar-refractivity contribution in [1.29, 1.82) is 0 Å². The SMILES string of the molecule is CC1CN(c2nc(-c3ccccc3)nc3c2CN(C(=O)NCc2ccccc2)CC3)CC(C)O1. The van der Waals surface area contributed by atoms with Gasteiger partial charge in [-0.1, -0.05) is 60.7 Å². The molecule has 2 atom stereocenters. The Bertz CT molecular complexity index is 1130. The molecule has 0 radical (unpaired) electrons. The predicted octanol–water partition coefficient (Wildman–Crippen LogP) is 4.03. The molecule has 0 spiro atoms. The van der Waals surface area contributed by atoms with Crippen molar-refractivity contribution in [1.82, 2.24) is 20.2 Å². The summed E-state index contributed by atoms with van der Waals surface area (Å²) in [5.41, 5.74) is 4.16. The number of amides is 2. The minimum atomic E-state index is -0.0590. The molecular weight excluding hydrogens is 426 g/mol. The van der Waals surface area contributed by atoms with Crippen molar-refractivity contribution in [3.63, 3.8) is 0 Å². The lowest BCUT2D eigenvalue weighted by Crippen LogP contribution is -2.48. The van der Waals surface area contributed by atoms with Gasteiger partial charge in [0.05, 0.1) is 24.4 Å². The van der Waals surface area contributed by atoms with Crippen molar-refractivity contribution in [3.8, 4) is 11.4 Å². The summed E-state index contributed by atoms with van der Waals surface area (Å²) in [7, 11) is 0. The minimum Gasteiger partial charge on any atom is -0.372 e. The molecule has 0 aliphatic carbocycles. The van der Waals surface area contributed by atoms with Crippen LogP contribution in [0.5, 0.6) is 0 Å². The molecule has 3 aromatic rings. The Morgan fingerprint density at radius 1 is 1.00 bits per heavy atom. The van der Waals surface area contributed by atoms with Gasteiger partial charge in [-0.2, -0.15) is 0 Å². The molecule has 1 N–H and O–H groups in total. The number of anilines is 1. The van der Waals surface area contributed by atoms with Gasteiger partial charge in [0.1, 0.15) is 5.82 Å². The molecule has 3 heterocycles. The Labute approximate surface area is 200 Å². The fourth-order valence-corrected chi connectivity index (χ4v) is 4.78. The van der Waals surface area contributed by atoms with Crippen LogP contribution in [0.25, 0.3) is 11.4 Å². The van der Waals surface area contributed by atoms with E-state index in [0.29, 0.717) is 26.1 Å². The van der Waals surface area contributed by atoms with Crippen molar-refractivity contribution in [2.45, 2.75) is 45.6 Å². The van der Waals surface area contributed by atoms with Crippen LogP contribution in [0.3, 0.4) is 0 Å². The van der Waals surface area contributed by atoms with E-state index in [0.717, 1.165) is 47.1 Å². The minimum absolute atomic E-state index is 0.0590. The Balaban J connectivity index is 1.43. The fourth-order valence-electron chi connectivity index (χ4n) is 4.78. The predicted molar refractivity (Wildman–Crippen MR) is 132 cm³/mol. The molecule has 7 heteroatoms. The second-order valence-corrected chi connectivity index (χ2v) is 9.14. The number of morpholine rings is 1. The highest BCUT2D eigenvalue weighted by Gasteiger charge is 2.31. The zero-order chi connectivity index (χ0) is 23.5. The number of aromatic nitrogens is 2. The van der Waals surface area contributed by atoms with E-state index in [9.17, 15) is 4.79 Å². The Morgan fingerprint density at radius 3 is 2.38 bits per heavy atom. The summed E-state index contributed by atoms with van der Waals surface area (Å²) in [6, 6.07) is 20.0. The van der Waals surface area contributed by atoms with E-state index in [4.69, 9.17) is 14.7 Å². The first-order chi connectivity index (χ1) is 16.6. The third-order valence-corrected chi connectivity index (χ3v) is 6.36. The first-order valence-electron chi connectivity index (χ1n) is 12.0. The van der Waals surface area contributed by atoms with Crippen molar-refractivity contribution in [3.05, 3.63) is 77.5 Å². The van der Waals surface area contributed by atoms with Gasteiger partial charge >= 0.3 is 6.03 Å². The summed E-state index contributed by atoms with van der Waals surface area (Å²) in [6.07, 6.45) is 0.936. The van der Waals surface area contributed by atoms with Crippen LogP contribution in [0.4, 0.5) is 10.6 Å². The van der Waals surface area contributed by atoms with Crippen molar-refractivity contribution in [2.75, 3.05) is 24.5 Å². The summed E-state index contributed by atoms with van der Waals surface area (Å²) >= 11 is 0. The van der Waals surface area contributed by atoms with Gasteiger partial charge in [0, 0.05) is 43.7 Å². The van der Waals surface area contributed by atoms with E-state index < -0.39 is 0 Å². The smallest absolute Gasteiger partial charge is 0.317 e. The second kappa shape index (κ2) is 9.81. The van der Waals surface area contributed by atoms with Crippen LogP contribution < -0.4 is 10.2 Å². The molecule has 7 nitrogen and oxygen atoms in total. The monoisotopic (exact) mass is 457 g/mol. The number of rotatable bonds is 4. The topological polar surface area (TPSA) is 70.6 Å². The van der Waals surface area contributed by atoms with Crippen LogP contribution in [0, 0.1) is 0 Å². The third kappa shape index (κ3) is 4.89. The third-order valence-electron chi connectivity index (χ3n) is 6.36. The van der Waals surface area contributed by atoms with Crippen LogP contribution in [-0.4, -0.2) is 52.7 Å². The van der Waals surface area contributed by atoms with E-state index in [2.05, 4.69) is 24.1 Å². The van der Waals surface area contributed by atoms with Gasteiger partial charge in [0.2, 0.25) is 0 Å². The van der Waals surface area contributed by atoms with Gasteiger partial charge in [0.25, 0.3) is 0 Å². The molecule has 1 fully saturated rings. The quantitative estimate of drug-likeness (QED) is 0.641. The summed E-state index contributed by atoms with van der Waals surface area (Å²) in [6.45, 7) is 7.37. The van der Waals surface area contributed by atoms with Gasteiger partial charge in [-0.3, -0.25) is 0 Å². The molecule has 34 heavy (non-hydrogen) atoms. The van der Waals surface area contributed by atoms with Gasteiger partial charge in [-0.25, -0.2) is 14.8 Å². The van der Waals surface area contributed by atoms with Crippen LogP contribution in [-0.2, 0) is 24.2 Å². The number of carbonyl (C=O) groups is 1. The van der Waals surface area contributed by atoms with E-state index >= 15 is 0 Å². The maximum absolute atomic E-state index is 13.0. The number of carbonyl (C=O) groups excluding carboxylic acids is 1. The number of hydrogen-bond acceptors (Lipinski definition) is 5. The molecule has 1 saturated heterocycles. The zero-order valence-corrected chi connectivity index (χ0v) is 19.8. The summed E-state index contributed by atoms with van der Waals surface area (Å²) in [5, 5.41) is 3.06. The highest BCUT2D eigenvalue weighted by atomic mass is 16.5. The standard InChI is InChI=1S/C27H31N5O2/c1-19-16-32(17-20(2)34-19)26-23-18-31(27(33)28-15-21-9-5-3-6-10-21)14-13-24(23)29-25(30-26)22-11-7-4-8-12-22/h3-12,19-20H,13-18H2,1-2H3,(H,28,33). The molecular formula is C27H31N5O2. The molecule has 1 aromatic heterocycles. The average Bonchev–Trinajstić information content (AvgIpc) is 2.87. The zero-order valence-electron chi connectivity index (χ0n) is 19.8. The molecule has 0 saturated carbocycles. The number of nitrogens with one attached hydrogen (secondary N) is 1. The van der Waals surface area contributed by atoms with Crippen LogP contribution in [0.15, 0.2) is 60.7 Å². The molecule has 5 rings (SSSR count). The number of urea groups is 1. The van der Waals surface area contributed by atoms with Crippen molar-refractivity contribution < 1.29 is 9.53 Å². The van der Waals surface area contributed by atoms with Gasteiger partial charge in [-0.15, -0.1) is 0 Å². The molecule has 2 aliphatic rings. The molecule has 176 valence electrons. The highest BCUT2D eigenvalue weighted by Crippen LogP contribution is 2.31. The fraction of sp³-hybridized carbons (Fsp3) is 0.370. The van der Waals surface area contributed by atoms with Crippen LogP contribution in [0.2, 0.25) is 0 Å². The van der Waals surface area contributed by atoms with E-state index in [1.807, 2.05) is 65.6 Å². The summed E-state index contributed by atoms with van der Waals surface area (Å²) in [5.74, 6) is 1.66. The van der Waals surface area contributed by atoms with E-state index in [-0.39, 0.29) is 18.2 Å². The Kier molecular flexibility index (Phi) is 6.45. The summed E-state index contributed by atoms with van der Waals surface area (Å²) in [4.78, 5) is 27.1. The molecule has 2 aromatic carbocycles. The van der Waals surface area contributed by atoms with Gasteiger partial charge in [0.15, 0.2) is 5.82 Å². The largest absolute Gasteiger partial charge is 0.372 e. The van der Waals surface area contributed by atoms with E-state index in [1.165, 1.54) is 0 Å². The molecule has 2 aliphatic heterocycles. The lowest BCUT2D eigenvalue weighted by atomic mass is 10.0. The summed E-state index contributed by atoms with van der Waals surface area (Å²) < 4.78 is 5.97. The highest BCUT2D eigenvalue weighted by molar-refractivity contribution is 5.75. The molecule has 0 bridgehead atoms. The Morgan fingerprint density at radius 2 is 1.68 bits per heavy atom. The van der Waals surface area contributed by atoms with Crippen LogP contribution >= 0.6 is 0 Å². The van der Waals surface area contributed by atoms with Crippen molar-refractivity contribution in [2.24, 2.45) is 0 Å². The first-order valence-corrected chi connectivity index (χ1v) is 12.0. The normalized spacial score (nSPS) is 20.1. The lowest BCUT2D eigenvalue weighted by molar-refractivity contribution is -0.00556. The number of benzene rings is 2. The van der Waals surface area contributed by atoms with Crippen LogP contribution in [0.1, 0.15) is 30.7 Å². The first kappa shape index (κ1) is 22.3. The number of nitrogens with zero attached hydrogens (tertiary/aromatic N) is 4. The van der Waals surface area contributed by atoms with Gasteiger partial charge in [-0.05, 0) is 19.4 Å². The maximum atomic E-state index is 13.0. The Hall–Kier alpha value is -3.45. The second-order valence-electron chi connectivity index (χ2n) is 9.14. The maximum Gasteiger partial charge on any atom is 0.317 e. The number of fused-ring (bicyclic) bond motifs is 1. The lowest BCUT2D eigenvalue weighted by Gasteiger charge is -2.39. The average molecular weight is 458 g/mol. The number of hydrogen-bond donors (Lipinski definition) is 1. The van der Waals surface area contributed by atoms with E-state index in [1.54, 1.807) is 0 Å². The van der Waals surface area contributed by atoms with Crippen molar-refractivity contribution >= 4 is 11.8 Å².